The minimum atomic E-state index is -0.379. The molecule has 1 N–H and O–H groups in total. The SMILES string of the molecule is COc1ccc(C=C(C#N)C(=O)c2ccc(O)cc2)cc1C. The average Bonchev–Trinajstić information content (AvgIpc) is 2.53. The van der Waals surface area contributed by atoms with Gasteiger partial charge < -0.3 is 9.84 Å². The van der Waals surface area contributed by atoms with Crippen LogP contribution in [0.1, 0.15) is 21.5 Å². The molecule has 0 bridgehead atoms. The molecule has 2 rings (SSSR count). The molecule has 0 radical (unpaired) electrons. The van der Waals surface area contributed by atoms with Gasteiger partial charge in [0.2, 0.25) is 5.78 Å². The van der Waals surface area contributed by atoms with Crippen LogP contribution in [0.15, 0.2) is 48.0 Å². The number of ketones is 1. The van der Waals surface area contributed by atoms with Gasteiger partial charge in [-0.2, -0.15) is 5.26 Å². The van der Waals surface area contributed by atoms with Crippen molar-refractivity contribution >= 4 is 11.9 Å². The van der Waals surface area contributed by atoms with Gasteiger partial charge in [-0.15, -0.1) is 0 Å². The predicted octanol–water partition coefficient (Wildman–Crippen LogP) is 3.50. The monoisotopic (exact) mass is 293 g/mol. The Bertz CT molecular complexity index is 768. The van der Waals surface area contributed by atoms with Crippen molar-refractivity contribution in [2.45, 2.75) is 6.92 Å². The zero-order chi connectivity index (χ0) is 16.1. The van der Waals surface area contributed by atoms with Gasteiger partial charge in [-0.1, -0.05) is 6.07 Å². The van der Waals surface area contributed by atoms with Gasteiger partial charge >= 0.3 is 0 Å². The second-order valence-electron chi connectivity index (χ2n) is 4.77. The average molecular weight is 293 g/mol. The van der Waals surface area contributed by atoms with Crippen LogP contribution in [-0.2, 0) is 0 Å². The Morgan fingerprint density at radius 2 is 1.91 bits per heavy atom. The highest BCUT2D eigenvalue weighted by atomic mass is 16.5. The third-order valence-corrected chi connectivity index (χ3v) is 3.22. The molecule has 0 aliphatic rings. The Kier molecular flexibility index (Phi) is 4.60. The maximum absolute atomic E-state index is 12.3. The smallest absolute Gasteiger partial charge is 0.203 e. The van der Waals surface area contributed by atoms with E-state index in [0.717, 1.165) is 16.9 Å². The number of nitrogens with zero attached hydrogens (tertiary/aromatic N) is 1. The van der Waals surface area contributed by atoms with E-state index < -0.39 is 0 Å². The molecule has 0 heterocycles. The number of nitriles is 1. The standard InChI is InChI=1S/C18H15NO3/c1-12-9-13(3-8-17(12)22-2)10-15(11-19)18(21)14-4-6-16(20)7-5-14/h3-10,20H,1-2H3. The molecule has 0 spiro atoms. The van der Waals surface area contributed by atoms with Gasteiger partial charge in [0.1, 0.15) is 23.1 Å². The van der Waals surface area contributed by atoms with E-state index in [1.54, 1.807) is 25.3 Å². The largest absolute Gasteiger partial charge is 0.508 e. The summed E-state index contributed by atoms with van der Waals surface area (Å²) in [5, 5.41) is 18.5. The molecule has 2 aromatic carbocycles. The molecule has 22 heavy (non-hydrogen) atoms. The number of hydrogen-bond donors (Lipinski definition) is 1. The number of methoxy groups -OCH3 is 1. The number of ether oxygens (including phenoxy) is 1. The maximum Gasteiger partial charge on any atom is 0.203 e. The van der Waals surface area contributed by atoms with Crippen LogP contribution in [0.5, 0.6) is 11.5 Å². The van der Waals surface area contributed by atoms with Crippen molar-refractivity contribution < 1.29 is 14.6 Å². The second-order valence-corrected chi connectivity index (χ2v) is 4.77. The summed E-state index contributed by atoms with van der Waals surface area (Å²) in [7, 11) is 1.59. The summed E-state index contributed by atoms with van der Waals surface area (Å²) in [6.07, 6.45) is 1.54. The molecule has 110 valence electrons. The van der Waals surface area contributed by atoms with Crippen LogP contribution in [0.3, 0.4) is 0 Å². The first-order chi connectivity index (χ1) is 10.5. The van der Waals surface area contributed by atoms with Crippen LogP contribution in [0.25, 0.3) is 6.08 Å². The number of allylic oxidation sites excluding steroid dienone is 1. The van der Waals surface area contributed by atoms with E-state index in [0.29, 0.717) is 5.56 Å². The van der Waals surface area contributed by atoms with Crippen molar-refractivity contribution in [1.29, 1.82) is 5.26 Å². The first-order valence-corrected chi connectivity index (χ1v) is 6.65. The lowest BCUT2D eigenvalue weighted by Crippen LogP contribution is -2.01. The topological polar surface area (TPSA) is 70.3 Å². The quantitative estimate of drug-likeness (QED) is 0.532. The summed E-state index contributed by atoms with van der Waals surface area (Å²) in [6, 6.07) is 13.2. The molecule has 0 amide bonds. The maximum atomic E-state index is 12.3. The van der Waals surface area contributed by atoms with E-state index in [1.165, 1.54) is 24.3 Å². The Morgan fingerprint density at radius 3 is 2.45 bits per heavy atom. The number of rotatable bonds is 4. The van der Waals surface area contributed by atoms with Crippen LogP contribution in [0, 0.1) is 18.3 Å². The number of phenolic OH excluding ortho intramolecular Hbond substituents is 1. The van der Waals surface area contributed by atoms with E-state index in [-0.39, 0.29) is 17.1 Å². The molecule has 0 fully saturated rings. The van der Waals surface area contributed by atoms with E-state index in [9.17, 15) is 15.2 Å². The summed E-state index contributed by atoms with van der Waals surface area (Å²) in [5.41, 5.74) is 2.07. The van der Waals surface area contributed by atoms with Crippen molar-refractivity contribution in [3.05, 3.63) is 64.7 Å². The fraction of sp³-hybridized carbons (Fsp3) is 0.111. The van der Waals surface area contributed by atoms with Gasteiger partial charge in [0.25, 0.3) is 0 Å². The first-order valence-electron chi connectivity index (χ1n) is 6.65. The number of hydrogen-bond acceptors (Lipinski definition) is 4. The highest BCUT2D eigenvalue weighted by Gasteiger charge is 2.12. The van der Waals surface area contributed by atoms with Gasteiger partial charge in [0.05, 0.1) is 7.11 Å². The zero-order valence-electron chi connectivity index (χ0n) is 12.3. The van der Waals surface area contributed by atoms with Crippen molar-refractivity contribution in [1.82, 2.24) is 0 Å². The van der Waals surface area contributed by atoms with Crippen molar-refractivity contribution in [2.24, 2.45) is 0 Å². The summed E-state index contributed by atoms with van der Waals surface area (Å²) >= 11 is 0. The van der Waals surface area contributed by atoms with Crippen LogP contribution < -0.4 is 4.74 Å². The normalized spacial score (nSPS) is 10.9. The van der Waals surface area contributed by atoms with Crippen molar-refractivity contribution in [3.8, 4) is 17.6 Å². The first kappa shape index (κ1) is 15.3. The third kappa shape index (κ3) is 3.33. The summed E-state index contributed by atoms with van der Waals surface area (Å²) in [6.45, 7) is 1.89. The number of carbonyl (C=O) groups is 1. The summed E-state index contributed by atoms with van der Waals surface area (Å²) in [4.78, 5) is 12.3. The van der Waals surface area contributed by atoms with Crippen molar-refractivity contribution in [3.63, 3.8) is 0 Å². The van der Waals surface area contributed by atoms with Gasteiger partial charge in [-0.05, 0) is 60.5 Å². The Balaban J connectivity index is 2.35. The number of benzene rings is 2. The third-order valence-electron chi connectivity index (χ3n) is 3.22. The Morgan fingerprint density at radius 1 is 1.23 bits per heavy atom. The van der Waals surface area contributed by atoms with E-state index in [2.05, 4.69) is 0 Å². The highest BCUT2D eigenvalue weighted by Crippen LogP contribution is 2.21. The predicted molar refractivity (Wildman–Crippen MR) is 83.8 cm³/mol. The van der Waals surface area contributed by atoms with Crippen LogP contribution in [0.2, 0.25) is 0 Å². The zero-order valence-corrected chi connectivity index (χ0v) is 12.3. The molecular weight excluding hydrogens is 278 g/mol. The Hall–Kier alpha value is -3.06. The lowest BCUT2D eigenvalue weighted by atomic mass is 10.0. The number of Topliss-reactive ketones (excluding diaryl/α,β-unsaturated/α-hetero) is 1. The van der Waals surface area contributed by atoms with Crippen LogP contribution in [0.4, 0.5) is 0 Å². The van der Waals surface area contributed by atoms with Gasteiger partial charge in [-0.3, -0.25) is 4.79 Å². The molecule has 0 aliphatic heterocycles. The molecule has 4 nitrogen and oxygen atoms in total. The molecule has 2 aromatic rings. The molecule has 0 unspecified atom stereocenters. The molecule has 0 atom stereocenters. The lowest BCUT2D eigenvalue weighted by molar-refractivity contribution is 0.104. The molecular formula is C18H15NO3. The Labute approximate surface area is 128 Å². The van der Waals surface area contributed by atoms with Gasteiger partial charge in [0, 0.05) is 5.56 Å². The van der Waals surface area contributed by atoms with Crippen molar-refractivity contribution in [2.75, 3.05) is 7.11 Å². The number of phenols is 1. The molecule has 0 saturated carbocycles. The minimum Gasteiger partial charge on any atom is -0.508 e. The molecule has 4 heteroatoms. The van der Waals surface area contributed by atoms with E-state index in [1.807, 2.05) is 19.1 Å². The second kappa shape index (κ2) is 6.59. The van der Waals surface area contributed by atoms with Crippen LogP contribution >= 0.6 is 0 Å². The van der Waals surface area contributed by atoms with Gasteiger partial charge in [0.15, 0.2) is 0 Å². The molecule has 0 aromatic heterocycles. The lowest BCUT2D eigenvalue weighted by Gasteiger charge is -2.05. The number of aryl methyl sites for hydroxylation is 1. The van der Waals surface area contributed by atoms with Gasteiger partial charge in [-0.25, -0.2) is 0 Å². The number of aromatic hydroxyl groups is 1. The highest BCUT2D eigenvalue weighted by molar-refractivity contribution is 6.14. The number of carbonyl (C=O) groups excluding carboxylic acids is 1. The van der Waals surface area contributed by atoms with E-state index in [4.69, 9.17) is 4.74 Å². The fourth-order valence-corrected chi connectivity index (χ4v) is 2.07. The molecule has 0 aliphatic carbocycles. The minimum absolute atomic E-state index is 0.0373. The van der Waals surface area contributed by atoms with E-state index >= 15 is 0 Å². The van der Waals surface area contributed by atoms with Crippen LogP contribution in [-0.4, -0.2) is 18.0 Å². The summed E-state index contributed by atoms with van der Waals surface area (Å²) in [5.74, 6) is 0.446. The molecule has 0 saturated heterocycles. The summed E-state index contributed by atoms with van der Waals surface area (Å²) < 4.78 is 5.18. The fourth-order valence-electron chi connectivity index (χ4n) is 2.07.